The number of hydrogen-bond donors (Lipinski definition) is 2. The highest BCUT2D eigenvalue weighted by Crippen LogP contribution is 2.09. The van der Waals surface area contributed by atoms with Crippen LogP contribution < -0.4 is 10.6 Å². The molecule has 1 aromatic carbocycles. The molecule has 2 N–H and O–H groups in total. The summed E-state index contributed by atoms with van der Waals surface area (Å²) in [4.78, 5) is 23.0. The van der Waals surface area contributed by atoms with Crippen molar-refractivity contribution in [1.82, 2.24) is 10.6 Å². The Labute approximate surface area is 112 Å². The van der Waals surface area contributed by atoms with Crippen molar-refractivity contribution in [3.63, 3.8) is 0 Å². The summed E-state index contributed by atoms with van der Waals surface area (Å²) in [6, 6.07) is 4.35. The van der Waals surface area contributed by atoms with Gasteiger partial charge >= 0.3 is 0 Å². The van der Waals surface area contributed by atoms with Gasteiger partial charge in [0.15, 0.2) is 0 Å². The van der Waals surface area contributed by atoms with Crippen LogP contribution in [-0.4, -0.2) is 24.9 Å². The Bertz CT molecular complexity index is 461. The third-order valence-corrected chi connectivity index (χ3v) is 2.58. The van der Waals surface area contributed by atoms with Gasteiger partial charge in [0.05, 0.1) is 5.56 Å². The standard InChI is InChI=1S/C14H19FN2O2/c1-3-7-16-13(18)6-8-17-14(19)11-9-10(2)4-5-12(11)15/h4-5,9H,3,6-8H2,1-2H3,(H,16,18)(H,17,19). The van der Waals surface area contributed by atoms with Crippen molar-refractivity contribution in [3.8, 4) is 0 Å². The normalized spacial score (nSPS) is 10.1. The van der Waals surface area contributed by atoms with Gasteiger partial charge in [-0.2, -0.15) is 0 Å². The Kier molecular flexibility index (Phi) is 5.99. The third kappa shape index (κ3) is 5.07. The van der Waals surface area contributed by atoms with E-state index in [9.17, 15) is 14.0 Å². The minimum absolute atomic E-state index is 0.00830. The fourth-order valence-corrected chi connectivity index (χ4v) is 1.55. The van der Waals surface area contributed by atoms with E-state index in [2.05, 4.69) is 10.6 Å². The maximum absolute atomic E-state index is 13.4. The summed E-state index contributed by atoms with van der Waals surface area (Å²) in [6.07, 6.45) is 1.06. The van der Waals surface area contributed by atoms with Crippen LogP contribution in [0.4, 0.5) is 4.39 Å². The van der Waals surface area contributed by atoms with Gasteiger partial charge in [-0.1, -0.05) is 18.6 Å². The molecule has 0 saturated carbocycles. The van der Waals surface area contributed by atoms with Gasteiger partial charge in [-0.15, -0.1) is 0 Å². The van der Waals surface area contributed by atoms with E-state index >= 15 is 0 Å². The van der Waals surface area contributed by atoms with Crippen LogP contribution in [0.1, 0.15) is 35.7 Å². The highest BCUT2D eigenvalue weighted by Gasteiger charge is 2.11. The molecule has 0 bridgehead atoms. The van der Waals surface area contributed by atoms with Crippen molar-refractivity contribution in [1.29, 1.82) is 0 Å². The zero-order valence-corrected chi connectivity index (χ0v) is 11.3. The first-order chi connectivity index (χ1) is 9.04. The first-order valence-corrected chi connectivity index (χ1v) is 6.35. The van der Waals surface area contributed by atoms with Crippen LogP contribution >= 0.6 is 0 Å². The molecule has 19 heavy (non-hydrogen) atoms. The number of halogens is 1. The highest BCUT2D eigenvalue weighted by atomic mass is 19.1. The van der Waals surface area contributed by atoms with Gasteiger partial charge in [0.1, 0.15) is 5.82 Å². The number of benzene rings is 1. The molecule has 0 heterocycles. The fourth-order valence-electron chi connectivity index (χ4n) is 1.55. The minimum atomic E-state index is -0.557. The number of carbonyl (C=O) groups excluding carboxylic acids is 2. The van der Waals surface area contributed by atoms with E-state index in [1.165, 1.54) is 12.1 Å². The van der Waals surface area contributed by atoms with Gasteiger partial charge in [0.25, 0.3) is 5.91 Å². The molecule has 0 radical (unpaired) electrons. The summed E-state index contributed by atoms with van der Waals surface area (Å²) in [7, 11) is 0. The molecule has 0 aliphatic carbocycles. The summed E-state index contributed by atoms with van der Waals surface area (Å²) in [5.74, 6) is -1.17. The number of hydrogen-bond acceptors (Lipinski definition) is 2. The topological polar surface area (TPSA) is 58.2 Å². The molecule has 1 aromatic rings. The molecular weight excluding hydrogens is 247 g/mol. The van der Waals surface area contributed by atoms with E-state index in [1.807, 2.05) is 6.92 Å². The smallest absolute Gasteiger partial charge is 0.254 e. The Morgan fingerprint density at radius 1 is 1.21 bits per heavy atom. The predicted molar refractivity (Wildman–Crippen MR) is 71.4 cm³/mol. The summed E-state index contributed by atoms with van der Waals surface area (Å²) in [6.45, 7) is 4.57. The first-order valence-electron chi connectivity index (χ1n) is 6.35. The molecule has 0 aromatic heterocycles. The SMILES string of the molecule is CCCNC(=O)CCNC(=O)c1cc(C)ccc1F. The lowest BCUT2D eigenvalue weighted by molar-refractivity contribution is -0.120. The Hall–Kier alpha value is -1.91. The molecule has 4 nitrogen and oxygen atoms in total. The highest BCUT2D eigenvalue weighted by molar-refractivity contribution is 5.94. The van der Waals surface area contributed by atoms with Gasteiger partial charge in [-0.3, -0.25) is 9.59 Å². The lowest BCUT2D eigenvalue weighted by atomic mass is 10.1. The third-order valence-electron chi connectivity index (χ3n) is 2.58. The molecule has 5 heteroatoms. The molecule has 0 aliphatic heterocycles. The Balaban J connectivity index is 2.43. The van der Waals surface area contributed by atoms with E-state index < -0.39 is 11.7 Å². The van der Waals surface area contributed by atoms with Crippen LogP contribution in [0.25, 0.3) is 0 Å². The van der Waals surface area contributed by atoms with Crippen molar-refractivity contribution in [3.05, 3.63) is 35.1 Å². The summed E-state index contributed by atoms with van der Waals surface area (Å²) < 4.78 is 13.4. The number of amides is 2. The molecule has 104 valence electrons. The lowest BCUT2D eigenvalue weighted by Gasteiger charge is -2.07. The maximum Gasteiger partial charge on any atom is 0.254 e. The molecule has 0 atom stereocenters. The summed E-state index contributed by atoms with van der Waals surface area (Å²) >= 11 is 0. The second kappa shape index (κ2) is 7.51. The first kappa shape index (κ1) is 15.1. The van der Waals surface area contributed by atoms with Crippen molar-refractivity contribution < 1.29 is 14.0 Å². The zero-order valence-electron chi connectivity index (χ0n) is 11.3. The van der Waals surface area contributed by atoms with Crippen LogP contribution in [0.2, 0.25) is 0 Å². The van der Waals surface area contributed by atoms with Gasteiger partial charge in [-0.05, 0) is 25.5 Å². The summed E-state index contributed by atoms with van der Waals surface area (Å²) in [5, 5.41) is 5.24. The number of aryl methyl sites for hydroxylation is 1. The number of rotatable bonds is 6. The second-order valence-electron chi connectivity index (χ2n) is 4.34. The van der Waals surface area contributed by atoms with E-state index in [4.69, 9.17) is 0 Å². The van der Waals surface area contributed by atoms with Gasteiger partial charge < -0.3 is 10.6 Å². The molecule has 0 unspecified atom stereocenters. The summed E-state index contributed by atoms with van der Waals surface area (Å²) in [5.41, 5.74) is 0.821. The van der Waals surface area contributed by atoms with E-state index in [-0.39, 0.29) is 24.4 Å². The predicted octanol–water partition coefficient (Wildman–Crippen LogP) is 1.78. The average Bonchev–Trinajstić information content (AvgIpc) is 2.39. The molecule has 0 saturated heterocycles. The van der Waals surface area contributed by atoms with Crippen LogP contribution in [0.5, 0.6) is 0 Å². The van der Waals surface area contributed by atoms with E-state index in [0.717, 1.165) is 12.0 Å². The van der Waals surface area contributed by atoms with Crippen molar-refractivity contribution >= 4 is 11.8 Å². The quantitative estimate of drug-likeness (QED) is 0.824. The zero-order chi connectivity index (χ0) is 14.3. The van der Waals surface area contributed by atoms with Gasteiger partial charge in [-0.25, -0.2) is 4.39 Å². The molecule has 0 aliphatic rings. The Morgan fingerprint density at radius 3 is 2.63 bits per heavy atom. The largest absolute Gasteiger partial charge is 0.356 e. The van der Waals surface area contributed by atoms with E-state index in [0.29, 0.717) is 6.54 Å². The van der Waals surface area contributed by atoms with Crippen LogP contribution in [0, 0.1) is 12.7 Å². The fraction of sp³-hybridized carbons (Fsp3) is 0.429. The average molecular weight is 266 g/mol. The van der Waals surface area contributed by atoms with Crippen LogP contribution in [0.15, 0.2) is 18.2 Å². The Morgan fingerprint density at radius 2 is 1.95 bits per heavy atom. The van der Waals surface area contributed by atoms with Crippen LogP contribution in [0.3, 0.4) is 0 Å². The minimum Gasteiger partial charge on any atom is -0.356 e. The van der Waals surface area contributed by atoms with Crippen molar-refractivity contribution in [2.45, 2.75) is 26.7 Å². The molecule has 0 spiro atoms. The molecule has 2 amide bonds. The van der Waals surface area contributed by atoms with Crippen molar-refractivity contribution in [2.24, 2.45) is 0 Å². The lowest BCUT2D eigenvalue weighted by Crippen LogP contribution is -2.31. The molecule has 0 fully saturated rings. The molecular formula is C14H19FN2O2. The monoisotopic (exact) mass is 266 g/mol. The molecule has 1 rings (SSSR count). The van der Waals surface area contributed by atoms with Crippen molar-refractivity contribution in [2.75, 3.05) is 13.1 Å². The maximum atomic E-state index is 13.4. The van der Waals surface area contributed by atoms with E-state index in [1.54, 1.807) is 13.0 Å². The van der Waals surface area contributed by atoms with Gasteiger partial charge in [0.2, 0.25) is 5.91 Å². The van der Waals surface area contributed by atoms with Crippen LogP contribution in [-0.2, 0) is 4.79 Å². The second-order valence-corrected chi connectivity index (χ2v) is 4.34. The number of nitrogens with one attached hydrogen (secondary N) is 2. The number of carbonyl (C=O) groups is 2. The van der Waals surface area contributed by atoms with Gasteiger partial charge in [0, 0.05) is 19.5 Å².